The normalized spacial score (nSPS) is 17.0. The summed E-state index contributed by atoms with van der Waals surface area (Å²) in [5.74, 6) is 0.442. The highest BCUT2D eigenvalue weighted by Gasteiger charge is 2.25. The number of rotatable bonds is 3. The molecule has 0 spiro atoms. The summed E-state index contributed by atoms with van der Waals surface area (Å²) in [5, 5.41) is 31.3. The van der Waals surface area contributed by atoms with Gasteiger partial charge < -0.3 is 25.4 Å². The van der Waals surface area contributed by atoms with Crippen LogP contribution in [-0.4, -0.2) is 29.0 Å². The van der Waals surface area contributed by atoms with Crippen LogP contribution >= 0.6 is 0 Å². The monoisotopic (exact) mass is 302 g/mol. The predicted octanol–water partition coefficient (Wildman–Crippen LogP) is 1.22. The van der Waals surface area contributed by atoms with Gasteiger partial charge in [-0.05, 0) is 35.4 Å². The molecule has 0 saturated heterocycles. The molecule has 1 heterocycles. The van der Waals surface area contributed by atoms with E-state index in [9.17, 15) is 15.3 Å². The van der Waals surface area contributed by atoms with E-state index in [1.165, 1.54) is 7.11 Å². The quantitative estimate of drug-likeness (QED) is 0.642. The van der Waals surface area contributed by atoms with Crippen LogP contribution in [0.15, 0.2) is 30.3 Å². The second-order valence-electron chi connectivity index (χ2n) is 5.63. The molecule has 0 aromatic heterocycles. The summed E-state index contributed by atoms with van der Waals surface area (Å²) >= 11 is 0. The number of aromatic hydroxyl groups is 3. The lowest BCUT2D eigenvalue weighted by Crippen LogP contribution is -2.87. The molecule has 5 heteroatoms. The number of ether oxygens (including phenoxy) is 1. The highest BCUT2D eigenvalue weighted by atomic mass is 16.5. The number of benzene rings is 2. The van der Waals surface area contributed by atoms with Crippen LogP contribution in [0.1, 0.15) is 22.7 Å². The van der Waals surface area contributed by atoms with Crippen LogP contribution < -0.4 is 10.1 Å². The van der Waals surface area contributed by atoms with Crippen molar-refractivity contribution in [3.05, 3.63) is 47.0 Å². The Hall–Kier alpha value is -2.40. The summed E-state index contributed by atoms with van der Waals surface area (Å²) in [5.41, 5.74) is 3.18. The number of nitrogens with two attached hydrogens (primary N) is 1. The third-order valence-corrected chi connectivity index (χ3v) is 4.20. The Morgan fingerprint density at radius 1 is 1.09 bits per heavy atom. The lowest BCUT2D eigenvalue weighted by Gasteiger charge is -2.24. The lowest BCUT2D eigenvalue weighted by atomic mass is 9.90. The van der Waals surface area contributed by atoms with E-state index in [1.807, 2.05) is 12.1 Å². The largest absolute Gasteiger partial charge is 0.504 e. The number of phenols is 3. The first-order chi connectivity index (χ1) is 10.6. The van der Waals surface area contributed by atoms with Crippen LogP contribution in [0.25, 0.3) is 0 Å². The standard InChI is InChI=1S/C17H19NO4/c1-22-17-7-10(2-3-14(17)19)6-13-12-9-16(21)15(20)8-11(12)4-5-18-13/h2-3,7-9,13,18-21H,4-6H2,1H3/p+1/t13-/m1/s1. The molecule has 0 aliphatic carbocycles. The van der Waals surface area contributed by atoms with Crippen molar-refractivity contribution >= 4 is 0 Å². The minimum absolute atomic E-state index is 0.0642. The highest BCUT2D eigenvalue weighted by Crippen LogP contribution is 2.34. The topological polar surface area (TPSA) is 86.5 Å². The molecule has 2 aromatic carbocycles. The first-order valence-electron chi connectivity index (χ1n) is 7.32. The molecular formula is C17H20NO4+. The summed E-state index contributed by atoms with van der Waals surface area (Å²) in [6, 6.07) is 8.82. The zero-order valence-electron chi connectivity index (χ0n) is 12.4. The molecular weight excluding hydrogens is 282 g/mol. The van der Waals surface area contributed by atoms with Crippen molar-refractivity contribution < 1.29 is 25.4 Å². The summed E-state index contributed by atoms with van der Waals surface area (Å²) in [4.78, 5) is 0. The van der Waals surface area contributed by atoms with Gasteiger partial charge in [0.2, 0.25) is 0 Å². The van der Waals surface area contributed by atoms with Gasteiger partial charge in [-0.15, -0.1) is 0 Å². The van der Waals surface area contributed by atoms with E-state index in [0.717, 1.165) is 36.1 Å². The van der Waals surface area contributed by atoms with Gasteiger partial charge in [0.1, 0.15) is 6.04 Å². The van der Waals surface area contributed by atoms with Crippen molar-refractivity contribution in [2.45, 2.75) is 18.9 Å². The Labute approximate surface area is 128 Å². The smallest absolute Gasteiger partial charge is 0.160 e. The average molecular weight is 302 g/mol. The number of hydrogen-bond acceptors (Lipinski definition) is 4. The highest BCUT2D eigenvalue weighted by molar-refractivity contribution is 5.48. The van der Waals surface area contributed by atoms with E-state index in [1.54, 1.807) is 18.2 Å². The zero-order chi connectivity index (χ0) is 15.7. The molecule has 2 aromatic rings. The number of quaternary nitrogens is 1. The molecule has 0 unspecified atom stereocenters. The van der Waals surface area contributed by atoms with Gasteiger partial charge in [-0.2, -0.15) is 0 Å². The molecule has 1 aliphatic rings. The Kier molecular flexibility index (Phi) is 3.81. The van der Waals surface area contributed by atoms with Crippen molar-refractivity contribution in [1.29, 1.82) is 0 Å². The maximum atomic E-state index is 9.76. The van der Waals surface area contributed by atoms with E-state index in [2.05, 4.69) is 5.32 Å². The first kappa shape index (κ1) is 14.5. The van der Waals surface area contributed by atoms with Gasteiger partial charge in [0.05, 0.1) is 13.7 Å². The Morgan fingerprint density at radius 3 is 2.64 bits per heavy atom. The van der Waals surface area contributed by atoms with Gasteiger partial charge in [0.25, 0.3) is 0 Å². The van der Waals surface area contributed by atoms with E-state index in [0.29, 0.717) is 5.75 Å². The molecule has 0 saturated carbocycles. The third-order valence-electron chi connectivity index (χ3n) is 4.20. The molecule has 5 N–H and O–H groups in total. The molecule has 0 radical (unpaired) electrons. The van der Waals surface area contributed by atoms with Crippen LogP contribution in [0.4, 0.5) is 0 Å². The molecule has 3 rings (SSSR count). The third kappa shape index (κ3) is 2.67. The number of hydrogen-bond donors (Lipinski definition) is 4. The predicted molar refractivity (Wildman–Crippen MR) is 81.4 cm³/mol. The van der Waals surface area contributed by atoms with Gasteiger partial charge in [-0.25, -0.2) is 0 Å². The van der Waals surface area contributed by atoms with Gasteiger partial charge in [-0.3, -0.25) is 0 Å². The van der Waals surface area contributed by atoms with Crippen LogP contribution in [0, 0.1) is 0 Å². The first-order valence-corrected chi connectivity index (χ1v) is 7.32. The Morgan fingerprint density at radius 2 is 1.86 bits per heavy atom. The fraction of sp³-hybridized carbons (Fsp3) is 0.294. The summed E-state index contributed by atoms with van der Waals surface area (Å²) in [6.07, 6.45) is 1.63. The fourth-order valence-electron chi connectivity index (χ4n) is 3.06. The van der Waals surface area contributed by atoms with Gasteiger partial charge in [0.15, 0.2) is 23.0 Å². The summed E-state index contributed by atoms with van der Waals surface area (Å²) in [7, 11) is 1.53. The lowest BCUT2D eigenvalue weighted by molar-refractivity contribution is -0.698. The maximum absolute atomic E-state index is 9.76. The second kappa shape index (κ2) is 5.77. The molecule has 0 fully saturated rings. The van der Waals surface area contributed by atoms with Gasteiger partial charge in [0, 0.05) is 18.4 Å². The number of fused-ring (bicyclic) bond motifs is 1. The van der Waals surface area contributed by atoms with E-state index in [-0.39, 0.29) is 23.3 Å². The second-order valence-corrected chi connectivity index (χ2v) is 5.63. The van der Waals surface area contributed by atoms with Gasteiger partial charge >= 0.3 is 0 Å². The Balaban J connectivity index is 1.90. The zero-order valence-corrected chi connectivity index (χ0v) is 12.4. The van der Waals surface area contributed by atoms with Crippen molar-refractivity contribution in [2.24, 2.45) is 0 Å². The van der Waals surface area contributed by atoms with Crippen molar-refractivity contribution in [3.8, 4) is 23.0 Å². The fourth-order valence-corrected chi connectivity index (χ4v) is 3.06. The number of phenolic OH excluding ortho intramolecular Hbond substituents is 3. The molecule has 1 atom stereocenters. The van der Waals surface area contributed by atoms with E-state index in [4.69, 9.17) is 4.74 Å². The van der Waals surface area contributed by atoms with Crippen molar-refractivity contribution in [2.75, 3.05) is 13.7 Å². The van der Waals surface area contributed by atoms with Crippen molar-refractivity contribution in [1.82, 2.24) is 0 Å². The molecule has 116 valence electrons. The molecule has 5 nitrogen and oxygen atoms in total. The van der Waals surface area contributed by atoms with Crippen LogP contribution in [-0.2, 0) is 12.8 Å². The molecule has 1 aliphatic heterocycles. The van der Waals surface area contributed by atoms with Crippen LogP contribution in [0.2, 0.25) is 0 Å². The number of methoxy groups -OCH3 is 1. The molecule has 22 heavy (non-hydrogen) atoms. The van der Waals surface area contributed by atoms with E-state index < -0.39 is 0 Å². The average Bonchev–Trinajstić information content (AvgIpc) is 2.51. The minimum Gasteiger partial charge on any atom is -0.504 e. The van der Waals surface area contributed by atoms with Crippen LogP contribution in [0.5, 0.6) is 23.0 Å². The molecule has 0 bridgehead atoms. The summed E-state index contributed by atoms with van der Waals surface area (Å²) in [6.45, 7) is 0.942. The van der Waals surface area contributed by atoms with Crippen molar-refractivity contribution in [3.63, 3.8) is 0 Å². The minimum atomic E-state index is -0.0812. The van der Waals surface area contributed by atoms with Crippen LogP contribution in [0.3, 0.4) is 0 Å². The SMILES string of the molecule is COc1cc(C[C@H]2[NH2+]CCc3cc(O)c(O)cc32)ccc1O. The maximum Gasteiger partial charge on any atom is 0.160 e. The Bertz CT molecular complexity index is 699. The van der Waals surface area contributed by atoms with E-state index >= 15 is 0 Å². The summed E-state index contributed by atoms with van der Waals surface area (Å²) < 4.78 is 5.15. The molecule has 0 amide bonds. The van der Waals surface area contributed by atoms with Gasteiger partial charge in [-0.1, -0.05) is 6.07 Å².